The maximum atomic E-state index is 10.4. The van der Waals surface area contributed by atoms with Gasteiger partial charge in [-0.15, -0.1) is 0 Å². The van der Waals surface area contributed by atoms with E-state index in [9.17, 15) is 4.79 Å². The summed E-state index contributed by atoms with van der Waals surface area (Å²) in [7, 11) is 0. The van der Waals surface area contributed by atoms with Gasteiger partial charge in [0.15, 0.2) is 0 Å². The van der Waals surface area contributed by atoms with Gasteiger partial charge in [0.25, 0.3) is 0 Å². The molecule has 2 aromatic rings. The first kappa shape index (κ1) is 19.7. The first-order valence-corrected chi connectivity index (χ1v) is 9.64. The first-order chi connectivity index (χ1) is 13.1. The third-order valence-corrected chi connectivity index (χ3v) is 5.17. The predicted octanol–water partition coefficient (Wildman–Crippen LogP) is 4.13. The van der Waals surface area contributed by atoms with Crippen molar-refractivity contribution in [3.8, 4) is 0 Å². The molecule has 1 fully saturated rings. The molecule has 5 nitrogen and oxygen atoms in total. The van der Waals surface area contributed by atoms with Crippen molar-refractivity contribution in [1.82, 2.24) is 9.80 Å². The van der Waals surface area contributed by atoms with Gasteiger partial charge >= 0.3 is 6.16 Å². The van der Waals surface area contributed by atoms with E-state index in [2.05, 4.69) is 50.9 Å². The standard InChI is InChI=1S/C21H25ClN2O3/c22-19-9-7-18(8-10-19)20(17-5-2-1-3-6-17)24-14-12-23(13-15-24)11-4-16-27-21(25)26/h1-3,5-10,20H,4,11-16H2,(H,25,26). The van der Waals surface area contributed by atoms with Crippen LogP contribution in [0.1, 0.15) is 23.6 Å². The van der Waals surface area contributed by atoms with Crippen LogP contribution in [0.15, 0.2) is 54.6 Å². The summed E-state index contributed by atoms with van der Waals surface area (Å²) in [6.07, 6.45) is -0.473. The van der Waals surface area contributed by atoms with Crippen molar-refractivity contribution >= 4 is 17.8 Å². The van der Waals surface area contributed by atoms with Crippen LogP contribution in [0.5, 0.6) is 0 Å². The molecule has 0 bridgehead atoms. The van der Waals surface area contributed by atoms with E-state index in [1.807, 2.05) is 18.2 Å². The number of rotatable bonds is 7. The predicted molar refractivity (Wildman–Crippen MR) is 106 cm³/mol. The van der Waals surface area contributed by atoms with Gasteiger partial charge in [0, 0.05) is 37.7 Å². The van der Waals surface area contributed by atoms with Crippen LogP contribution in [0.2, 0.25) is 5.02 Å². The summed E-state index contributed by atoms with van der Waals surface area (Å²) >= 11 is 6.08. The third-order valence-electron chi connectivity index (χ3n) is 4.92. The average Bonchev–Trinajstić information content (AvgIpc) is 2.69. The zero-order chi connectivity index (χ0) is 19.1. The lowest BCUT2D eigenvalue weighted by molar-refractivity contribution is 0.0777. The Bertz CT molecular complexity index is 716. The highest BCUT2D eigenvalue weighted by atomic mass is 35.5. The molecule has 0 amide bonds. The first-order valence-electron chi connectivity index (χ1n) is 9.26. The maximum Gasteiger partial charge on any atom is 0.505 e. The number of piperazine rings is 1. The minimum Gasteiger partial charge on any atom is -0.450 e. The van der Waals surface area contributed by atoms with Crippen LogP contribution in [0.4, 0.5) is 4.79 Å². The SMILES string of the molecule is O=C(O)OCCCN1CCN(C(c2ccccc2)c2ccc(Cl)cc2)CC1. The highest BCUT2D eigenvalue weighted by molar-refractivity contribution is 6.30. The van der Waals surface area contributed by atoms with Crippen LogP contribution in [0.25, 0.3) is 0 Å². The van der Waals surface area contributed by atoms with Crippen LogP contribution in [-0.4, -0.2) is 60.4 Å². The molecule has 1 aliphatic rings. The fourth-order valence-electron chi connectivity index (χ4n) is 3.59. The molecular formula is C21H25ClN2O3. The Labute approximate surface area is 165 Å². The highest BCUT2D eigenvalue weighted by Crippen LogP contribution is 2.30. The van der Waals surface area contributed by atoms with E-state index >= 15 is 0 Å². The molecule has 1 aliphatic heterocycles. The summed E-state index contributed by atoms with van der Waals surface area (Å²) in [6, 6.07) is 18.9. The quantitative estimate of drug-likeness (QED) is 0.571. The molecule has 0 spiro atoms. The van der Waals surface area contributed by atoms with Crippen molar-refractivity contribution in [2.45, 2.75) is 12.5 Å². The van der Waals surface area contributed by atoms with Gasteiger partial charge < -0.3 is 14.7 Å². The third kappa shape index (κ3) is 5.70. The van der Waals surface area contributed by atoms with Crippen molar-refractivity contribution in [3.63, 3.8) is 0 Å². The molecule has 0 saturated carbocycles. The topological polar surface area (TPSA) is 53.0 Å². The van der Waals surface area contributed by atoms with Crippen molar-refractivity contribution in [1.29, 1.82) is 0 Å². The van der Waals surface area contributed by atoms with Gasteiger partial charge in [0.1, 0.15) is 0 Å². The summed E-state index contributed by atoms with van der Waals surface area (Å²) in [5.41, 5.74) is 2.53. The van der Waals surface area contributed by atoms with Gasteiger partial charge in [-0.1, -0.05) is 54.1 Å². The van der Waals surface area contributed by atoms with Gasteiger partial charge in [0.05, 0.1) is 12.6 Å². The largest absolute Gasteiger partial charge is 0.505 e. The number of benzene rings is 2. The minimum atomic E-state index is -1.20. The summed E-state index contributed by atoms with van der Waals surface area (Å²) < 4.78 is 4.59. The van der Waals surface area contributed by atoms with Gasteiger partial charge in [-0.25, -0.2) is 4.79 Å². The fourth-order valence-corrected chi connectivity index (χ4v) is 3.71. The molecule has 0 aromatic heterocycles. The van der Waals surface area contributed by atoms with Crippen molar-refractivity contribution in [2.24, 2.45) is 0 Å². The Morgan fingerprint density at radius 1 is 1.00 bits per heavy atom. The van der Waals surface area contributed by atoms with Gasteiger partial charge in [0.2, 0.25) is 0 Å². The summed E-state index contributed by atoms with van der Waals surface area (Å²) in [5.74, 6) is 0. The molecule has 0 aliphatic carbocycles. The summed E-state index contributed by atoms with van der Waals surface area (Å²) in [4.78, 5) is 15.3. The minimum absolute atomic E-state index is 0.209. The zero-order valence-electron chi connectivity index (χ0n) is 15.3. The Balaban J connectivity index is 1.63. The van der Waals surface area contributed by atoms with Crippen LogP contribution in [0, 0.1) is 0 Å². The molecule has 144 valence electrons. The number of hydrogen-bond acceptors (Lipinski definition) is 4. The van der Waals surface area contributed by atoms with Crippen LogP contribution < -0.4 is 0 Å². The number of hydrogen-bond donors (Lipinski definition) is 1. The Morgan fingerprint density at radius 2 is 1.63 bits per heavy atom. The van der Waals surface area contributed by atoms with E-state index in [0.717, 1.165) is 44.2 Å². The molecule has 1 atom stereocenters. The molecule has 27 heavy (non-hydrogen) atoms. The lowest BCUT2D eigenvalue weighted by atomic mass is 9.96. The highest BCUT2D eigenvalue weighted by Gasteiger charge is 2.26. The second-order valence-electron chi connectivity index (χ2n) is 6.71. The number of carboxylic acid groups (broad SMARTS) is 1. The Kier molecular flexibility index (Phi) is 7.10. The van der Waals surface area contributed by atoms with E-state index in [4.69, 9.17) is 16.7 Å². The number of halogens is 1. The smallest absolute Gasteiger partial charge is 0.450 e. The molecule has 1 N–H and O–H groups in total. The van der Waals surface area contributed by atoms with E-state index < -0.39 is 6.16 Å². The second kappa shape index (κ2) is 9.74. The number of nitrogens with zero attached hydrogens (tertiary/aromatic N) is 2. The summed E-state index contributed by atoms with van der Waals surface area (Å²) in [6.45, 7) is 4.96. The van der Waals surface area contributed by atoms with Crippen LogP contribution in [-0.2, 0) is 4.74 Å². The molecular weight excluding hydrogens is 364 g/mol. The molecule has 3 rings (SSSR count). The van der Waals surface area contributed by atoms with Crippen LogP contribution >= 0.6 is 11.6 Å². The Morgan fingerprint density at radius 3 is 2.26 bits per heavy atom. The van der Waals surface area contributed by atoms with Crippen molar-refractivity contribution < 1.29 is 14.6 Å². The second-order valence-corrected chi connectivity index (χ2v) is 7.15. The van der Waals surface area contributed by atoms with Crippen molar-refractivity contribution in [3.05, 3.63) is 70.7 Å². The molecule has 2 aromatic carbocycles. The molecule has 1 unspecified atom stereocenters. The number of ether oxygens (including phenoxy) is 1. The zero-order valence-corrected chi connectivity index (χ0v) is 16.0. The molecule has 1 saturated heterocycles. The lowest BCUT2D eigenvalue weighted by Gasteiger charge is -2.39. The van der Waals surface area contributed by atoms with E-state index in [1.165, 1.54) is 11.1 Å². The fraction of sp³-hybridized carbons (Fsp3) is 0.381. The number of carbonyl (C=O) groups is 1. The van der Waals surface area contributed by atoms with Crippen LogP contribution in [0.3, 0.4) is 0 Å². The van der Waals surface area contributed by atoms with Crippen molar-refractivity contribution in [2.75, 3.05) is 39.3 Å². The lowest BCUT2D eigenvalue weighted by Crippen LogP contribution is -2.48. The Hall–Kier alpha value is -2.08. The monoisotopic (exact) mass is 388 g/mol. The van der Waals surface area contributed by atoms with Gasteiger partial charge in [-0.05, 0) is 29.7 Å². The average molecular weight is 389 g/mol. The van der Waals surface area contributed by atoms with Gasteiger partial charge in [-0.3, -0.25) is 4.90 Å². The van der Waals surface area contributed by atoms with E-state index in [1.54, 1.807) is 0 Å². The summed E-state index contributed by atoms with van der Waals surface area (Å²) in [5, 5.41) is 9.28. The van der Waals surface area contributed by atoms with E-state index in [0.29, 0.717) is 0 Å². The molecule has 1 heterocycles. The molecule has 0 radical (unpaired) electrons. The van der Waals surface area contributed by atoms with Gasteiger partial charge in [-0.2, -0.15) is 0 Å². The van der Waals surface area contributed by atoms with E-state index in [-0.39, 0.29) is 12.6 Å². The molecule has 6 heteroatoms. The normalized spacial score (nSPS) is 16.8. The maximum absolute atomic E-state index is 10.4.